The van der Waals surface area contributed by atoms with Crippen molar-refractivity contribution in [1.29, 1.82) is 0 Å². The number of fused-ring (bicyclic) bond motifs is 4. The number of carbonyl (C=O) groups excluding carboxylic acids is 3. The second kappa shape index (κ2) is 9.24. The lowest BCUT2D eigenvalue weighted by Crippen LogP contribution is -2.46. The molecule has 1 aliphatic heterocycles. The zero-order chi connectivity index (χ0) is 24.6. The van der Waals surface area contributed by atoms with E-state index in [1.165, 1.54) is 47.8 Å². The fourth-order valence-electron chi connectivity index (χ4n) is 4.66. The van der Waals surface area contributed by atoms with Crippen molar-refractivity contribution in [2.75, 3.05) is 14.1 Å². The molecule has 2 bridgehead atoms. The van der Waals surface area contributed by atoms with Crippen LogP contribution in [0.5, 0.6) is 5.75 Å². The maximum atomic E-state index is 13.1. The molecule has 1 aliphatic carbocycles. The number of benzene rings is 1. The van der Waals surface area contributed by atoms with Gasteiger partial charge < -0.3 is 20.6 Å². The molecule has 2 aliphatic rings. The number of hydrogen-bond acceptors (Lipinski definition) is 6. The van der Waals surface area contributed by atoms with E-state index in [2.05, 4.69) is 15.6 Å². The number of halogens is 1. The fourth-order valence-corrected chi connectivity index (χ4v) is 4.66. The van der Waals surface area contributed by atoms with E-state index in [0.717, 1.165) is 0 Å². The first-order valence-corrected chi connectivity index (χ1v) is 11.0. The molecule has 1 fully saturated rings. The van der Waals surface area contributed by atoms with Crippen LogP contribution in [0.4, 0.5) is 4.39 Å². The highest BCUT2D eigenvalue weighted by Gasteiger charge is 2.42. The summed E-state index contributed by atoms with van der Waals surface area (Å²) in [5, 5.41) is 15.8. The molecule has 11 heteroatoms. The zero-order valence-corrected chi connectivity index (χ0v) is 18.9. The monoisotopic (exact) mass is 471 g/mol. The number of nitrogens with zero attached hydrogens (tertiary/aromatic N) is 3. The van der Waals surface area contributed by atoms with Crippen LogP contribution in [-0.4, -0.2) is 57.4 Å². The van der Waals surface area contributed by atoms with Gasteiger partial charge in [0, 0.05) is 39.1 Å². The largest absolute Gasteiger partial charge is 0.501 e. The highest BCUT2D eigenvalue weighted by Crippen LogP contribution is 2.42. The third-order valence-corrected chi connectivity index (χ3v) is 6.43. The Kier molecular flexibility index (Phi) is 6.36. The third kappa shape index (κ3) is 4.50. The number of carbonyl (C=O) groups is 3. The topological polar surface area (TPSA) is 134 Å². The molecule has 34 heavy (non-hydrogen) atoms. The highest BCUT2D eigenvalue weighted by molar-refractivity contribution is 6.34. The van der Waals surface area contributed by atoms with Gasteiger partial charge in [-0.05, 0) is 42.9 Å². The average Bonchev–Trinajstić information content (AvgIpc) is 3.10. The summed E-state index contributed by atoms with van der Waals surface area (Å²) < 4.78 is 14.4. The Bertz CT molecular complexity index is 1190. The Hall–Kier alpha value is -3.76. The summed E-state index contributed by atoms with van der Waals surface area (Å²) in [4.78, 5) is 55.6. The molecule has 3 atom stereocenters. The van der Waals surface area contributed by atoms with E-state index >= 15 is 0 Å². The first-order chi connectivity index (χ1) is 16.2. The minimum Gasteiger partial charge on any atom is -0.501 e. The Morgan fingerprint density at radius 2 is 1.91 bits per heavy atom. The van der Waals surface area contributed by atoms with Gasteiger partial charge in [0.25, 0.3) is 11.5 Å². The van der Waals surface area contributed by atoms with Crippen molar-refractivity contribution in [3.63, 3.8) is 0 Å². The van der Waals surface area contributed by atoms with Crippen molar-refractivity contribution in [2.45, 2.75) is 44.3 Å². The minimum atomic E-state index is -0.749. The van der Waals surface area contributed by atoms with Crippen molar-refractivity contribution < 1.29 is 23.9 Å². The molecule has 3 amide bonds. The molecule has 4 rings (SSSR count). The van der Waals surface area contributed by atoms with Crippen LogP contribution in [0, 0.1) is 11.7 Å². The predicted molar refractivity (Wildman–Crippen MR) is 118 cm³/mol. The Morgan fingerprint density at radius 1 is 1.21 bits per heavy atom. The van der Waals surface area contributed by atoms with Crippen molar-refractivity contribution in [3.05, 3.63) is 57.5 Å². The normalized spacial score (nSPS) is 20.7. The number of rotatable bonds is 4. The maximum absolute atomic E-state index is 13.1. The molecule has 1 aromatic carbocycles. The quantitative estimate of drug-likeness (QED) is 0.556. The van der Waals surface area contributed by atoms with E-state index in [4.69, 9.17) is 0 Å². The first-order valence-electron chi connectivity index (χ1n) is 11.0. The molecule has 2 heterocycles. The van der Waals surface area contributed by atoms with Crippen molar-refractivity contribution in [3.8, 4) is 5.75 Å². The Balaban J connectivity index is 1.61. The van der Waals surface area contributed by atoms with Crippen LogP contribution in [0.1, 0.15) is 47.1 Å². The van der Waals surface area contributed by atoms with E-state index in [9.17, 15) is 28.7 Å². The standard InChI is InChI=1S/C23H26FN5O5/c1-28(2)23(34)21(32)26-16-10-13-7-8-29-19(15(16)9-13)27-17(18(30)22(29)33)20(31)25-11-12-3-5-14(24)6-4-12/h3-6,13,15-16,30H,7-11H2,1-2H3,(H,25,31)(H,26,32). The molecule has 3 unspecified atom stereocenters. The van der Waals surface area contributed by atoms with E-state index < -0.39 is 46.6 Å². The van der Waals surface area contributed by atoms with Gasteiger partial charge in [-0.15, -0.1) is 0 Å². The summed E-state index contributed by atoms with van der Waals surface area (Å²) in [5.41, 5.74) is -0.496. The van der Waals surface area contributed by atoms with Gasteiger partial charge in [-0.1, -0.05) is 12.1 Å². The SMILES string of the molecule is CN(C)C(=O)C(=O)NC1CC2CCn3c(nc(C(=O)NCc4ccc(F)cc4)c(O)c3=O)C1C2. The summed E-state index contributed by atoms with van der Waals surface area (Å²) >= 11 is 0. The van der Waals surface area contributed by atoms with Gasteiger partial charge in [-0.3, -0.25) is 23.7 Å². The van der Waals surface area contributed by atoms with E-state index in [1.807, 2.05) is 0 Å². The number of amides is 3. The van der Waals surface area contributed by atoms with Crippen LogP contribution < -0.4 is 16.2 Å². The van der Waals surface area contributed by atoms with Crippen LogP contribution in [0.2, 0.25) is 0 Å². The number of hydrogen-bond donors (Lipinski definition) is 3. The molecule has 1 saturated carbocycles. The number of aromatic hydroxyl groups is 1. The van der Waals surface area contributed by atoms with Crippen molar-refractivity contribution >= 4 is 17.7 Å². The van der Waals surface area contributed by atoms with Crippen LogP contribution >= 0.6 is 0 Å². The zero-order valence-electron chi connectivity index (χ0n) is 18.9. The van der Waals surface area contributed by atoms with Gasteiger partial charge >= 0.3 is 11.8 Å². The lowest BCUT2D eigenvalue weighted by molar-refractivity contribution is -0.144. The molecule has 10 nitrogen and oxygen atoms in total. The van der Waals surface area contributed by atoms with E-state index in [1.54, 1.807) is 0 Å². The van der Waals surface area contributed by atoms with Crippen LogP contribution in [0.3, 0.4) is 0 Å². The maximum Gasteiger partial charge on any atom is 0.311 e. The number of aromatic nitrogens is 2. The van der Waals surface area contributed by atoms with Crippen molar-refractivity contribution in [2.24, 2.45) is 5.92 Å². The smallest absolute Gasteiger partial charge is 0.311 e. The molecule has 2 aromatic rings. The van der Waals surface area contributed by atoms with Gasteiger partial charge in [0.05, 0.1) is 0 Å². The van der Waals surface area contributed by atoms with Crippen molar-refractivity contribution in [1.82, 2.24) is 25.1 Å². The minimum absolute atomic E-state index is 0.0511. The number of likely N-dealkylation sites (N-methyl/N-ethyl adjacent to an activating group) is 1. The second-order valence-corrected chi connectivity index (χ2v) is 8.95. The number of nitrogens with one attached hydrogen (secondary N) is 2. The van der Waals surface area contributed by atoms with Gasteiger partial charge in [0.2, 0.25) is 5.75 Å². The molecule has 180 valence electrons. The van der Waals surface area contributed by atoms with Crippen LogP contribution in [0.25, 0.3) is 0 Å². The lowest BCUT2D eigenvalue weighted by atomic mass is 10.0. The summed E-state index contributed by atoms with van der Waals surface area (Å²) in [5.74, 6) is -3.21. The second-order valence-electron chi connectivity index (χ2n) is 8.95. The molecular weight excluding hydrogens is 445 g/mol. The average molecular weight is 471 g/mol. The molecule has 0 radical (unpaired) electrons. The van der Waals surface area contributed by atoms with Crippen LogP contribution in [-0.2, 0) is 22.7 Å². The Morgan fingerprint density at radius 3 is 2.59 bits per heavy atom. The molecule has 3 N–H and O–H groups in total. The third-order valence-electron chi connectivity index (χ3n) is 6.43. The Labute approximate surface area is 194 Å². The molecule has 0 spiro atoms. The molecule has 1 aromatic heterocycles. The van der Waals surface area contributed by atoms with Gasteiger partial charge in [0.1, 0.15) is 11.6 Å². The fraction of sp³-hybridized carbons (Fsp3) is 0.435. The van der Waals surface area contributed by atoms with Gasteiger partial charge in [-0.25, -0.2) is 9.37 Å². The first kappa shape index (κ1) is 23.4. The lowest BCUT2D eigenvalue weighted by Gasteiger charge is -2.25. The molecular formula is C23H26FN5O5. The summed E-state index contributed by atoms with van der Waals surface area (Å²) in [6.07, 6.45) is 1.91. The van der Waals surface area contributed by atoms with Gasteiger partial charge in [0.15, 0.2) is 5.69 Å². The molecule has 0 saturated heterocycles. The summed E-state index contributed by atoms with van der Waals surface area (Å²) in [7, 11) is 2.96. The summed E-state index contributed by atoms with van der Waals surface area (Å²) in [6.45, 7) is 0.389. The summed E-state index contributed by atoms with van der Waals surface area (Å²) in [6, 6.07) is 5.11. The van der Waals surface area contributed by atoms with E-state index in [0.29, 0.717) is 37.2 Å². The van der Waals surface area contributed by atoms with E-state index in [-0.39, 0.29) is 18.4 Å². The van der Waals surface area contributed by atoms with Crippen LogP contribution in [0.15, 0.2) is 29.1 Å². The van der Waals surface area contributed by atoms with Gasteiger partial charge in [-0.2, -0.15) is 0 Å². The highest BCUT2D eigenvalue weighted by atomic mass is 19.1. The predicted octanol–water partition coefficient (Wildman–Crippen LogP) is 0.488.